The van der Waals surface area contributed by atoms with Gasteiger partial charge >= 0.3 is 6.18 Å². The van der Waals surface area contributed by atoms with Crippen molar-refractivity contribution >= 4 is 22.1 Å². The second kappa shape index (κ2) is 11.5. The molecule has 0 radical (unpaired) electrons. The van der Waals surface area contributed by atoms with E-state index in [2.05, 4.69) is 20.7 Å². The lowest BCUT2D eigenvalue weighted by Gasteiger charge is -2.41. The van der Waals surface area contributed by atoms with Gasteiger partial charge in [0.05, 0.1) is 24.0 Å². The van der Waals surface area contributed by atoms with Gasteiger partial charge < -0.3 is 25.9 Å². The molecule has 41 heavy (non-hydrogen) atoms. The Kier molecular flexibility index (Phi) is 8.18. The predicted molar refractivity (Wildman–Crippen MR) is 139 cm³/mol. The lowest BCUT2D eigenvalue weighted by Crippen LogP contribution is -2.63. The minimum atomic E-state index is -5.03. The number of nitrogens with one attached hydrogen (secondary N) is 2. The number of furan rings is 1. The Morgan fingerprint density at radius 1 is 1.20 bits per heavy atom. The third-order valence-electron chi connectivity index (χ3n) is 6.98. The van der Waals surface area contributed by atoms with Crippen molar-refractivity contribution in [3.8, 4) is 0 Å². The van der Waals surface area contributed by atoms with Crippen molar-refractivity contribution < 1.29 is 35.9 Å². The molecule has 222 valence electrons. The highest BCUT2D eigenvalue weighted by atomic mass is 32.2. The molecule has 1 aromatic carbocycles. The van der Waals surface area contributed by atoms with Crippen LogP contribution in [0.5, 0.6) is 0 Å². The number of anilines is 1. The van der Waals surface area contributed by atoms with Crippen LogP contribution in [0.4, 0.5) is 19.1 Å². The molecule has 0 spiro atoms. The fraction of sp³-hybridized carbons (Fsp3) is 0.458. The SMILES string of the molecule is NCc1ccc(CNc2nc(C3NCCN(S(=O)(=O)N4CCC(O)C4)C3C(F)(F)F)nn2C(=O)c2ccoc2)cc1. The Balaban J connectivity index is 1.49. The van der Waals surface area contributed by atoms with Crippen LogP contribution in [-0.4, -0.2) is 87.3 Å². The Hall–Kier alpha value is -3.35. The molecule has 3 aromatic rings. The molecule has 0 aliphatic carbocycles. The van der Waals surface area contributed by atoms with Crippen LogP contribution in [-0.2, 0) is 23.3 Å². The van der Waals surface area contributed by atoms with Crippen LogP contribution < -0.4 is 16.4 Å². The average Bonchev–Trinajstić information content (AvgIpc) is 3.72. The van der Waals surface area contributed by atoms with Gasteiger partial charge in [-0.05, 0) is 23.6 Å². The number of nitrogens with two attached hydrogens (primary N) is 1. The van der Waals surface area contributed by atoms with Crippen LogP contribution >= 0.6 is 0 Å². The summed E-state index contributed by atoms with van der Waals surface area (Å²) in [5.74, 6) is -1.28. The van der Waals surface area contributed by atoms with E-state index in [1.807, 2.05) is 12.1 Å². The number of aliphatic hydroxyl groups excluding tert-OH is 1. The van der Waals surface area contributed by atoms with E-state index in [4.69, 9.17) is 10.2 Å². The molecular formula is C24H29F3N8O5S. The van der Waals surface area contributed by atoms with Crippen molar-refractivity contribution in [3.05, 3.63) is 65.4 Å². The number of aliphatic hydroxyl groups is 1. The summed E-state index contributed by atoms with van der Waals surface area (Å²) >= 11 is 0. The third-order valence-corrected chi connectivity index (χ3v) is 8.96. The number of hydrogen-bond donors (Lipinski definition) is 4. The van der Waals surface area contributed by atoms with Crippen molar-refractivity contribution in [2.75, 3.05) is 31.5 Å². The maximum atomic E-state index is 14.6. The first-order valence-corrected chi connectivity index (χ1v) is 14.2. The van der Waals surface area contributed by atoms with Crippen molar-refractivity contribution in [3.63, 3.8) is 0 Å². The molecule has 0 bridgehead atoms. The lowest BCUT2D eigenvalue weighted by molar-refractivity contribution is -0.185. The topological polar surface area (TPSA) is 172 Å². The molecule has 17 heteroatoms. The Morgan fingerprint density at radius 3 is 2.54 bits per heavy atom. The summed E-state index contributed by atoms with van der Waals surface area (Å²) in [5.41, 5.74) is 7.40. The number of β-amino-alcohol motifs (C(OH)–C–C–N with tert-alkyl or cyclic N) is 1. The molecule has 0 amide bonds. The zero-order valence-electron chi connectivity index (χ0n) is 21.7. The van der Waals surface area contributed by atoms with Gasteiger partial charge in [0.25, 0.3) is 16.1 Å². The number of halogens is 3. The molecule has 2 aromatic heterocycles. The van der Waals surface area contributed by atoms with Gasteiger partial charge in [-0.2, -0.15) is 39.9 Å². The summed E-state index contributed by atoms with van der Waals surface area (Å²) in [6.45, 7) is -0.491. The van der Waals surface area contributed by atoms with E-state index in [9.17, 15) is 31.5 Å². The first-order chi connectivity index (χ1) is 19.5. The van der Waals surface area contributed by atoms with Crippen LogP contribution in [0.15, 0.2) is 47.3 Å². The molecule has 2 fully saturated rings. The molecule has 13 nitrogen and oxygen atoms in total. The number of benzene rings is 1. The fourth-order valence-electron chi connectivity index (χ4n) is 4.86. The molecule has 3 atom stereocenters. The highest BCUT2D eigenvalue weighted by Gasteiger charge is 2.56. The summed E-state index contributed by atoms with van der Waals surface area (Å²) in [5, 5.41) is 19.6. The molecule has 5 rings (SSSR count). The minimum Gasteiger partial charge on any atom is -0.472 e. The zero-order valence-corrected chi connectivity index (χ0v) is 22.5. The van der Waals surface area contributed by atoms with Gasteiger partial charge in [-0.3, -0.25) is 4.79 Å². The normalized spacial score (nSPS) is 22.7. The second-order valence-electron chi connectivity index (χ2n) is 9.73. The predicted octanol–water partition coefficient (Wildman–Crippen LogP) is 0.819. The van der Waals surface area contributed by atoms with E-state index in [0.717, 1.165) is 26.4 Å². The molecule has 3 unspecified atom stereocenters. The van der Waals surface area contributed by atoms with Crippen LogP contribution in [0.2, 0.25) is 0 Å². The van der Waals surface area contributed by atoms with Gasteiger partial charge in [-0.1, -0.05) is 24.3 Å². The highest BCUT2D eigenvalue weighted by Crippen LogP contribution is 2.38. The van der Waals surface area contributed by atoms with Gasteiger partial charge in [0.15, 0.2) is 5.82 Å². The van der Waals surface area contributed by atoms with Crippen molar-refractivity contribution in [1.82, 2.24) is 28.7 Å². The maximum Gasteiger partial charge on any atom is 0.407 e. The quantitative estimate of drug-likeness (QED) is 0.291. The lowest BCUT2D eigenvalue weighted by atomic mass is 10.0. The Bertz CT molecular complexity index is 1460. The molecule has 4 heterocycles. The van der Waals surface area contributed by atoms with Crippen LogP contribution in [0.25, 0.3) is 0 Å². The standard InChI is InChI=1S/C24H29F3N8O5S/c25-24(26,27)20-19(29-7-9-34(20)41(38,39)33-8-5-18(36)13-33)21-31-23(30-12-16-3-1-15(11-28)2-4-16)35(32-21)22(37)17-6-10-40-14-17/h1-4,6,10,14,18-20,29,36H,5,7-9,11-13,28H2,(H,30,31,32). The molecular weight excluding hydrogens is 569 g/mol. The van der Waals surface area contributed by atoms with E-state index in [1.54, 1.807) is 12.1 Å². The van der Waals surface area contributed by atoms with E-state index in [0.29, 0.717) is 10.8 Å². The highest BCUT2D eigenvalue weighted by molar-refractivity contribution is 7.86. The van der Waals surface area contributed by atoms with E-state index >= 15 is 0 Å². The van der Waals surface area contributed by atoms with Gasteiger partial charge in [0.1, 0.15) is 12.3 Å². The summed E-state index contributed by atoms with van der Waals surface area (Å²) in [4.78, 5) is 17.4. The largest absolute Gasteiger partial charge is 0.472 e. The van der Waals surface area contributed by atoms with Gasteiger partial charge in [0.2, 0.25) is 5.95 Å². The molecule has 2 saturated heterocycles. The van der Waals surface area contributed by atoms with Gasteiger partial charge in [-0.15, -0.1) is 5.10 Å². The maximum absolute atomic E-state index is 14.6. The summed E-state index contributed by atoms with van der Waals surface area (Å²) in [6.07, 6.45) is -3.44. The van der Waals surface area contributed by atoms with Crippen molar-refractivity contribution in [1.29, 1.82) is 0 Å². The smallest absolute Gasteiger partial charge is 0.407 e. The van der Waals surface area contributed by atoms with E-state index < -0.39 is 52.8 Å². The van der Waals surface area contributed by atoms with Crippen LogP contribution in [0, 0.1) is 0 Å². The number of rotatable bonds is 8. The number of piperazine rings is 1. The second-order valence-corrected chi connectivity index (χ2v) is 11.6. The zero-order chi connectivity index (χ0) is 29.4. The first kappa shape index (κ1) is 29.2. The number of carbonyl (C=O) groups excluding carboxylic acids is 1. The number of hydrogen-bond acceptors (Lipinski definition) is 10. The van der Waals surface area contributed by atoms with Crippen LogP contribution in [0.1, 0.15) is 39.8 Å². The fourth-order valence-corrected chi connectivity index (χ4v) is 6.70. The molecule has 2 aliphatic rings. The summed E-state index contributed by atoms with van der Waals surface area (Å²) < 4.78 is 77.3. The Labute approximate surface area is 233 Å². The number of alkyl halides is 3. The Morgan fingerprint density at radius 2 is 1.93 bits per heavy atom. The van der Waals surface area contributed by atoms with Crippen molar-refractivity contribution in [2.24, 2.45) is 5.73 Å². The van der Waals surface area contributed by atoms with E-state index in [-0.39, 0.29) is 44.1 Å². The monoisotopic (exact) mass is 598 g/mol. The third kappa shape index (κ3) is 6.00. The molecule has 5 N–H and O–H groups in total. The van der Waals surface area contributed by atoms with Crippen LogP contribution in [0.3, 0.4) is 0 Å². The number of nitrogens with zero attached hydrogens (tertiary/aromatic N) is 5. The van der Waals surface area contributed by atoms with Gasteiger partial charge in [0, 0.05) is 39.3 Å². The number of carbonyl (C=O) groups is 1. The summed E-state index contributed by atoms with van der Waals surface area (Å²) in [6, 6.07) is 4.31. The van der Waals surface area contributed by atoms with E-state index in [1.165, 1.54) is 12.3 Å². The average molecular weight is 599 g/mol. The molecule has 2 aliphatic heterocycles. The van der Waals surface area contributed by atoms with Crippen molar-refractivity contribution in [2.45, 2.75) is 43.9 Å². The molecule has 0 saturated carbocycles. The van der Waals surface area contributed by atoms with Gasteiger partial charge in [-0.25, -0.2) is 0 Å². The number of aromatic nitrogens is 3. The summed E-state index contributed by atoms with van der Waals surface area (Å²) in [7, 11) is -4.59. The first-order valence-electron chi connectivity index (χ1n) is 12.8. The minimum absolute atomic E-state index is 0.0811.